The van der Waals surface area contributed by atoms with Gasteiger partial charge in [0.25, 0.3) is 5.56 Å². The molecule has 0 bridgehead atoms. The Labute approximate surface area is 176 Å². The van der Waals surface area contributed by atoms with Gasteiger partial charge in [0.2, 0.25) is 0 Å². The summed E-state index contributed by atoms with van der Waals surface area (Å²) in [6.45, 7) is 1.99. The minimum Gasteiger partial charge on any atom is -0.268 e. The fourth-order valence-electron chi connectivity index (χ4n) is 3.05. The Kier molecular flexibility index (Phi) is 5.16. The molecule has 3 aromatic carbocycles. The Balaban J connectivity index is 1.97. The van der Waals surface area contributed by atoms with Crippen molar-refractivity contribution in [1.29, 1.82) is 0 Å². The second-order valence-electron chi connectivity index (χ2n) is 6.42. The molecule has 0 aliphatic carbocycles. The first-order valence-corrected chi connectivity index (χ1v) is 9.92. The summed E-state index contributed by atoms with van der Waals surface area (Å²) in [6, 6.07) is 20.7. The molecular weight excluding hydrogens is 436 g/mol. The van der Waals surface area contributed by atoms with Crippen LogP contribution in [0.25, 0.3) is 28.7 Å². The van der Waals surface area contributed by atoms with E-state index < -0.39 is 0 Å². The summed E-state index contributed by atoms with van der Waals surface area (Å²) in [6.07, 6.45) is 3.70. The molecule has 0 saturated carbocycles. The normalized spacial score (nSPS) is 11.4. The van der Waals surface area contributed by atoms with Crippen LogP contribution in [0.2, 0.25) is 5.02 Å². The Morgan fingerprint density at radius 1 is 1.00 bits per heavy atom. The van der Waals surface area contributed by atoms with Gasteiger partial charge < -0.3 is 0 Å². The fraction of sp³-hybridized carbons (Fsp3) is 0.0435. The fourth-order valence-corrected chi connectivity index (χ4v) is 3.50. The SMILES string of the molecule is Cc1cc(-n2c(/C=C/c3ccccc3Cl)nc3ccccc3c2=O)ccc1Br. The summed E-state index contributed by atoms with van der Waals surface area (Å²) in [4.78, 5) is 18.0. The Morgan fingerprint density at radius 2 is 1.75 bits per heavy atom. The standard InChI is InChI=1S/C23H16BrClN2O/c1-15-14-17(11-12-19(15)24)27-22(13-10-16-6-2-4-8-20(16)25)26-21-9-5-3-7-18(21)23(27)28/h2-14H,1H3/b13-10+. The molecule has 1 heterocycles. The van der Waals surface area contributed by atoms with Crippen LogP contribution in [0.5, 0.6) is 0 Å². The summed E-state index contributed by atoms with van der Waals surface area (Å²) in [5.74, 6) is 0.547. The molecule has 0 N–H and O–H groups in total. The number of nitrogens with zero attached hydrogens (tertiary/aromatic N) is 2. The van der Waals surface area contributed by atoms with Crippen molar-refractivity contribution in [3.63, 3.8) is 0 Å². The van der Waals surface area contributed by atoms with E-state index in [4.69, 9.17) is 16.6 Å². The maximum absolute atomic E-state index is 13.3. The summed E-state index contributed by atoms with van der Waals surface area (Å²) < 4.78 is 2.63. The van der Waals surface area contributed by atoms with Gasteiger partial charge in [0.15, 0.2) is 0 Å². The third-order valence-corrected chi connectivity index (χ3v) is 5.75. The zero-order chi connectivity index (χ0) is 19.7. The molecule has 4 rings (SSSR count). The molecule has 1 aromatic heterocycles. The molecule has 138 valence electrons. The van der Waals surface area contributed by atoms with Crippen molar-refractivity contribution in [1.82, 2.24) is 9.55 Å². The molecule has 0 aliphatic rings. The van der Waals surface area contributed by atoms with Crippen molar-refractivity contribution in [3.05, 3.63) is 104 Å². The van der Waals surface area contributed by atoms with Crippen LogP contribution in [0.3, 0.4) is 0 Å². The van der Waals surface area contributed by atoms with E-state index >= 15 is 0 Å². The van der Waals surface area contributed by atoms with Gasteiger partial charge in [-0.2, -0.15) is 0 Å². The second kappa shape index (κ2) is 7.74. The van der Waals surface area contributed by atoms with Gasteiger partial charge in [-0.05, 0) is 66.6 Å². The molecule has 5 heteroatoms. The van der Waals surface area contributed by atoms with Gasteiger partial charge in [-0.15, -0.1) is 0 Å². The first-order valence-electron chi connectivity index (χ1n) is 8.75. The Morgan fingerprint density at radius 3 is 2.54 bits per heavy atom. The third kappa shape index (κ3) is 3.53. The smallest absolute Gasteiger partial charge is 0.266 e. The van der Waals surface area contributed by atoms with Crippen molar-refractivity contribution in [2.75, 3.05) is 0 Å². The number of hydrogen-bond acceptors (Lipinski definition) is 2. The first kappa shape index (κ1) is 18.7. The second-order valence-corrected chi connectivity index (χ2v) is 7.68. The number of benzene rings is 3. The molecule has 4 aromatic rings. The number of fused-ring (bicyclic) bond motifs is 1. The molecule has 0 spiro atoms. The number of rotatable bonds is 3. The summed E-state index contributed by atoms with van der Waals surface area (Å²) in [7, 11) is 0. The van der Waals surface area contributed by atoms with E-state index in [-0.39, 0.29) is 5.56 Å². The van der Waals surface area contributed by atoms with Gasteiger partial charge in [0.05, 0.1) is 16.6 Å². The highest BCUT2D eigenvalue weighted by Crippen LogP contribution is 2.22. The topological polar surface area (TPSA) is 34.9 Å². The monoisotopic (exact) mass is 450 g/mol. The summed E-state index contributed by atoms with van der Waals surface area (Å²) >= 11 is 9.78. The Hall–Kier alpha value is -2.69. The lowest BCUT2D eigenvalue weighted by molar-refractivity contribution is 0.941. The van der Waals surface area contributed by atoms with Gasteiger partial charge in [0, 0.05) is 9.50 Å². The lowest BCUT2D eigenvalue weighted by atomic mass is 10.2. The number of aromatic nitrogens is 2. The highest BCUT2D eigenvalue weighted by Gasteiger charge is 2.12. The van der Waals surface area contributed by atoms with Gasteiger partial charge in [-0.25, -0.2) is 4.98 Å². The third-order valence-electron chi connectivity index (χ3n) is 4.52. The lowest BCUT2D eigenvalue weighted by Crippen LogP contribution is -2.22. The van der Waals surface area contributed by atoms with Crippen LogP contribution in [0.15, 0.2) is 76.0 Å². The molecular formula is C23H16BrClN2O. The van der Waals surface area contributed by atoms with E-state index in [1.807, 2.05) is 79.7 Å². The van der Waals surface area contributed by atoms with Crippen molar-refractivity contribution >= 4 is 50.6 Å². The number of aryl methyl sites for hydroxylation is 1. The molecule has 0 fully saturated rings. The van der Waals surface area contributed by atoms with Crippen LogP contribution in [0.1, 0.15) is 17.0 Å². The zero-order valence-electron chi connectivity index (χ0n) is 15.1. The average molecular weight is 452 g/mol. The quantitative estimate of drug-likeness (QED) is 0.367. The largest absolute Gasteiger partial charge is 0.268 e. The molecule has 0 unspecified atom stereocenters. The minimum atomic E-state index is -0.105. The maximum atomic E-state index is 13.3. The number of halogens is 2. The van der Waals surface area contributed by atoms with Crippen molar-refractivity contribution in [2.24, 2.45) is 0 Å². The summed E-state index contributed by atoms with van der Waals surface area (Å²) in [5.41, 5.74) is 3.23. The van der Waals surface area contributed by atoms with Crippen molar-refractivity contribution in [2.45, 2.75) is 6.92 Å². The van der Waals surface area contributed by atoms with Crippen molar-refractivity contribution < 1.29 is 0 Å². The van der Waals surface area contributed by atoms with Crippen LogP contribution in [-0.2, 0) is 0 Å². The highest BCUT2D eigenvalue weighted by molar-refractivity contribution is 9.10. The number of para-hydroxylation sites is 1. The van der Waals surface area contributed by atoms with E-state index in [9.17, 15) is 4.79 Å². The first-order chi connectivity index (χ1) is 13.5. The predicted molar refractivity (Wildman–Crippen MR) is 120 cm³/mol. The van der Waals surface area contributed by atoms with E-state index in [0.717, 1.165) is 21.3 Å². The molecule has 0 amide bonds. The average Bonchev–Trinajstić information content (AvgIpc) is 2.70. The van der Waals surface area contributed by atoms with Crippen LogP contribution in [-0.4, -0.2) is 9.55 Å². The van der Waals surface area contributed by atoms with Crippen LogP contribution < -0.4 is 5.56 Å². The van der Waals surface area contributed by atoms with Crippen LogP contribution >= 0.6 is 27.5 Å². The molecule has 0 radical (unpaired) electrons. The zero-order valence-corrected chi connectivity index (χ0v) is 17.4. The van der Waals surface area contributed by atoms with E-state index in [1.54, 1.807) is 10.6 Å². The molecule has 0 atom stereocenters. The molecule has 3 nitrogen and oxygen atoms in total. The van der Waals surface area contributed by atoms with Gasteiger partial charge >= 0.3 is 0 Å². The van der Waals surface area contributed by atoms with Crippen molar-refractivity contribution in [3.8, 4) is 5.69 Å². The van der Waals surface area contributed by atoms with E-state index in [1.165, 1.54) is 0 Å². The minimum absolute atomic E-state index is 0.105. The van der Waals surface area contributed by atoms with Crippen LogP contribution in [0, 0.1) is 6.92 Å². The molecule has 0 saturated heterocycles. The highest BCUT2D eigenvalue weighted by atomic mass is 79.9. The lowest BCUT2D eigenvalue weighted by Gasteiger charge is -2.12. The van der Waals surface area contributed by atoms with Gasteiger partial charge in [-0.1, -0.05) is 57.9 Å². The number of hydrogen-bond donors (Lipinski definition) is 0. The van der Waals surface area contributed by atoms with Gasteiger partial charge in [-0.3, -0.25) is 9.36 Å². The Bertz CT molecular complexity index is 1280. The van der Waals surface area contributed by atoms with E-state index in [0.29, 0.717) is 21.7 Å². The van der Waals surface area contributed by atoms with Gasteiger partial charge in [0.1, 0.15) is 5.82 Å². The molecule has 0 aliphatic heterocycles. The van der Waals surface area contributed by atoms with E-state index in [2.05, 4.69) is 15.9 Å². The van der Waals surface area contributed by atoms with Crippen LogP contribution in [0.4, 0.5) is 0 Å². The predicted octanol–water partition coefficient (Wildman–Crippen LogP) is 6.28. The maximum Gasteiger partial charge on any atom is 0.266 e. The summed E-state index contributed by atoms with van der Waals surface area (Å²) in [5, 5.41) is 1.23. The molecule has 28 heavy (non-hydrogen) atoms.